The van der Waals surface area contributed by atoms with Gasteiger partial charge in [-0.05, 0) is 42.8 Å². The standard InChI is InChI=1S/C19H26ClN3O4.C10H8O6S2/c1-4-15-9-25-17(27-15)18(2,3)19(24,10-23-13-21-12-22-23)11-26-16-7-5-14(20)6-8-16;11-17(12,13)9-5-1-3-7-8(9)4-2-6-10(7)18(14,15)16/h5-8,12-13,15,17,24H,4,9-11H2,1-3H3;1-6H,(H,11,12,13)(H,14,15,16). The number of ether oxygens (including phenoxy) is 3. The highest BCUT2D eigenvalue weighted by Gasteiger charge is 2.53. The molecule has 45 heavy (non-hydrogen) atoms. The molecule has 13 nitrogen and oxygen atoms in total. The molecule has 2 heterocycles. The van der Waals surface area contributed by atoms with E-state index in [0.29, 0.717) is 17.4 Å². The molecule has 1 saturated heterocycles. The minimum Gasteiger partial charge on any atom is -0.490 e. The molecule has 1 aliphatic heterocycles. The van der Waals surface area contributed by atoms with Crippen molar-refractivity contribution in [3.8, 4) is 5.75 Å². The smallest absolute Gasteiger partial charge is 0.295 e. The molecule has 16 heteroatoms. The molecular weight excluding hydrogens is 650 g/mol. The van der Waals surface area contributed by atoms with Gasteiger partial charge in [0.25, 0.3) is 20.2 Å². The summed E-state index contributed by atoms with van der Waals surface area (Å²) in [5.74, 6) is 0.618. The number of halogens is 1. The van der Waals surface area contributed by atoms with E-state index >= 15 is 0 Å². The molecule has 0 saturated carbocycles. The van der Waals surface area contributed by atoms with Crippen molar-refractivity contribution in [2.45, 2.75) is 61.5 Å². The Balaban J connectivity index is 0.000000222. The molecule has 1 fully saturated rings. The molecule has 3 unspecified atom stereocenters. The molecule has 3 N–H and O–H groups in total. The van der Waals surface area contributed by atoms with E-state index in [1.54, 1.807) is 35.3 Å². The van der Waals surface area contributed by atoms with Crippen LogP contribution in [0.1, 0.15) is 27.2 Å². The predicted octanol–water partition coefficient (Wildman–Crippen LogP) is 4.25. The van der Waals surface area contributed by atoms with E-state index in [1.807, 2.05) is 13.8 Å². The van der Waals surface area contributed by atoms with E-state index < -0.39 is 47.3 Å². The summed E-state index contributed by atoms with van der Waals surface area (Å²) in [7, 11) is -8.94. The average Bonchev–Trinajstić information content (AvgIpc) is 3.68. The lowest BCUT2D eigenvalue weighted by atomic mass is 9.74. The van der Waals surface area contributed by atoms with E-state index in [-0.39, 0.29) is 30.0 Å². The van der Waals surface area contributed by atoms with Crippen LogP contribution in [0.4, 0.5) is 0 Å². The molecule has 244 valence electrons. The zero-order valence-electron chi connectivity index (χ0n) is 24.6. The molecular formula is C29H34ClN3O10S2. The summed E-state index contributed by atoms with van der Waals surface area (Å²) in [6.07, 6.45) is 3.33. The third-order valence-electron chi connectivity index (χ3n) is 7.57. The average molecular weight is 684 g/mol. The number of aromatic nitrogens is 3. The van der Waals surface area contributed by atoms with Crippen LogP contribution in [0.25, 0.3) is 10.8 Å². The SMILES string of the molecule is CCC1COC(C(C)(C)C(O)(COc2ccc(Cl)cc2)Cn2cncn2)O1.O=S(=O)(O)c1cccc2c(S(=O)(=O)O)cccc12. The fourth-order valence-corrected chi connectivity index (χ4v) is 6.25. The van der Waals surface area contributed by atoms with Gasteiger partial charge >= 0.3 is 0 Å². The Morgan fingerprint density at radius 1 is 0.978 bits per heavy atom. The van der Waals surface area contributed by atoms with Gasteiger partial charge in [0.05, 0.1) is 19.3 Å². The number of hydrogen-bond donors (Lipinski definition) is 3. The molecule has 1 aromatic heterocycles. The summed E-state index contributed by atoms with van der Waals surface area (Å²) < 4.78 is 82.0. The summed E-state index contributed by atoms with van der Waals surface area (Å²) in [6, 6.07) is 14.5. The minimum absolute atomic E-state index is 0.0233. The Labute approximate surface area is 266 Å². The Morgan fingerprint density at radius 3 is 2.02 bits per heavy atom. The van der Waals surface area contributed by atoms with Crippen molar-refractivity contribution in [2.75, 3.05) is 13.2 Å². The highest BCUT2D eigenvalue weighted by molar-refractivity contribution is 7.86. The highest BCUT2D eigenvalue weighted by Crippen LogP contribution is 2.41. The van der Waals surface area contributed by atoms with Crippen LogP contribution in [0.5, 0.6) is 5.75 Å². The zero-order chi connectivity index (χ0) is 33.0. The van der Waals surface area contributed by atoms with Gasteiger partial charge in [-0.3, -0.25) is 9.11 Å². The minimum atomic E-state index is -4.47. The van der Waals surface area contributed by atoms with Gasteiger partial charge in [-0.15, -0.1) is 0 Å². The highest BCUT2D eigenvalue weighted by atomic mass is 35.5. The maximum absolute atomic E-state index is 11.6. The molecule has 3 atom stereocenters. The molecule has 4 aromatic rings. The monoisotopic (exact) mass is 683 g/mol. The molecule has 5 rings (SSSR count). The van der Waals surface area contributed by atoms with E-state index in [4.69, 9.17) is 34.9 Å². The first-order valence-electron chi connectivity index (χ1n) is 13.7. The Bertz CT molecular complexity index is 1750. The van der Waals surface area contributed by atoms with Gasteiger partial charge in [-0.2, -0.15) is 21.9 Å². The third-order valence-corrected chi connectivity index (χ3v) is 9.65. The van der Waals surface area contributed by atoms with E-state index in [1.165, 1.54) is 30.6 Å². The van der Waals surface area contributed by atoms with Gasteiger partial charge in [-0.1, -0.05) is 56.6 Å². The second-order valence-corrected chi connectivity index (χ2v) is 14.2. The largest absolute Gasteiger partial charge is 0.490 e. The maximum atomic E-state index is 11.6. The number of rotatable bonds is 10. The van der Waals surface area contributed by atoms with Gasteiger partial charge in [0, 0.05) is 21.2 Å². The molecule has 0 spiro atoms. The van der Waals surface area contributed by atoms with Crippen molar-refractivity contribution in [3.63, 3.8) is 0 Å². The molecule has 0 aliphatic carbocycles. The van der Waals surface area contributed by atoms with Gasteiger partial charge < -0.3 is 19.3 Å². The van der Waals surface area contributed by atoms with E-state index in [2.05, 4.69) is 17.0 Å². The van der Waals surface area contributed by atoms with Gasteiger partial charge in [0.15, 0.2) is 6.29 Å². The summed E-state index contributed by atoms with van der Waals surface area (Å²) >= 11 is 5.93. The van der Waals surface area contributed by atoms with Crippen molar-refractivity contribution in [1.29, 1.82) is 0 Å². The van der Waals surface area contributed by atoms with Crippen molar-refractivity contribution in [3.05, 3.63) is 78.3 Å². The fraction of sp³-hybridized carbons (Fsp3) is 0.379. The first kappa shape index (κ1) is 34.7. The lowest BCUT2D eigenvalue weighted by molar-refractivity contribution is -0.220. The van der Waals surface area contributed by atoms with E-state index in [0.717, 1.165) is 18.6 Å². The van der Waals surface area contributed by atoms with Gasteiger partial charge in [0.1, 0.15) is 40.4 Å². The summed E-state index contributed by atoms with van der Waals surface area (Å²) in [5, 5.41) is 16.4. The van der Waals surface area contributed by atoms with Crippen LogP contribution in [-0.2, 0) is 36.3 Å². The Hall–Kier alpha value is -3.15. The van der Waals surface area contributed by atoms with Crippen LogP contribution in [-0.4, -0.2) is 77.0 Å². The Morgan fingerprint density at radius 2 is 1.56 bits per heavy atom. The predicted molar refractivity (Wildman–Crippen MR) is 164 cm³/mol. The summed E-state index contributed by atoms with van der Waals surface area (Å²) in [6.45, 7) is 6.61. The van der Waals surface area contributed by atoms with Crippen molar-refractivity contribution >= 4 is 42.6 Å². The van der Waals surface area contributed by atoms with Crippen LogP contribution in [0.3, 0.4) is 0 Å². The van der Waals surface area contributed by atoms with Crippen LogP contribution in [0.2, 0.25) is 5.02 Å². The number of nitrogens with zero attached hydrogens (tertiary/aromatic N) is 3. The number of aliphatic hydroxyl groups is 1. The maximum Gasteiger partial charge on any atom is 0.295 e. The van der Waals surface area contributed by atoms with Crippen LogP contribution in [0.15, 0.2) is 83.1 Å². The van der Waals surface area contributed by atoms with Gasteiger partial charge in [0.2, 0.25) is 0 Å². The molecule has 0 amide bonds. The normalized spacial score (nSPS) is 18.6. The zero-order valence-corrected chi connectivity index (χ0v) is 27.0. The fourth-order valence-electron chi connectivity index (χ4n) is 4.71. The Kier molecular flexibility index (Phi) is 10.6. The summed E-state index contributed by atoms with van der Waals surface area (Å²) in [4.78, 5) is 3.14. The number of hydrogen-bond acceptors (Lipinski definition) is 10. The number of benzene rings is 3. The van der Waals surface area contributed by atoms with Crippen LogP contribution < -0.4 is 4.74 Å². The lowest BCUT2D eigenvalue weighted by Gasteiger charge is -2.44. The summed E-state index contributed by atoms with van der Waals surface area (Å²) in [5.41, 5.74) is -2.09. The first-order chi connectivity index (χ1) is 21.0. The lowest BCUT2D eigenvalue weighted by Crippen LogP contribution is -2.58. The third kappa shape index (κ3) is 8.17. The van der Waals surface area contributed by atoms with E-state index in [9.17, 15) is 21.9 Å². The molecule has 1 aliphatic rings. The van der Waals surface area contributed by atoms with Crippen molar-refractivity contribution in [2.24, 2.45) is 5.41 Å². The second kappa shape index (κ2) is 13.7. The van der Waals surface area contributed by atoms with Crippen molar-refractivity contribution < 1.29 is 45.3 Å². The quantitative estimate of drug-likeness (QED) is 0.202. The second-order valence-electron chi connectivity index (χ2n) is 11.0. The molecule has 0 bridgehead atoms. The van der Waals surface area contributed by atoms with Crippen molar-refractivity contribution in [1.82, 2.24) is 14.8 Å². The number of fused-ring (bicyclic) bond motifs is 1. The van der Waals surface area contributed by atoms with Gasteiger partial charge in [-0.25, -0.2) is 9.67 Å². The van der Waals surface area contributed by atoms with Crippen LogP contribution >= 0.6 is 11.6 Å². The molecule has 0 radical (unpaired) electrons. The topological polar surface area (TPSA) is 187 Å². The molecule has 3 aromatic carbocycles. The van der Waals surface area contributed by atoms with Crippen LogP contribution in [0, 0.1) is 5.41 Å². The first-order valence-corrected chi connectivity index (χ1v) is 17.0.